The molecule has 1 N–H and O–H groups in total. The minimum Gasteiger partial charge on any atom is -1.00 e. The standard InChI is InChI=1S/C7H8.C6H6O.Mg.2H/c1-7-5-3-2-4-6-7;7-6-4-2-1-3-5-6;;;/h2-6H,1H3;1-5,7H;;;/q;;+2;2*-1. The van der Waals surface area contributed by atoms with Crippen molar-refractivity contribution in [3.05, 3.63) is 66.2 Å². The molecule has 0 saturated heterocycles. The van der Waals surface area contributed by atoms with Crippen molar-refractivity contribution in [2.75, 3.05) is 0 Å². The smallest absolute Gasteiger partial charge is 1.00 e. The molecule has 0 aliphatic carbocycles. The van der Waals surface area contributed by atoms with Gasteiger partial charge in [0.25, 0.3) is 0 Å². The zero-order valence-corrected chi connectivity index (χ0v) is 10.3. The SMILES string of the molecule is Cc1ccccc1.Oc1ccccc1.[H-].[H-].[Mg+2]. The molecule has 0 radical (unpaired) electrons. The van der Waals surface area contributed by atoms with Crippen LogP contribution in [0.4, 0.5) is 0 Å². The summed E-state index contributed by atoms with van der Waals surface area (Å²) in [6.07, 6.45) is 0. The Balaban J connectivity index is -0.000000196. The fraction of sp³-hybridized carbons (Fsp3) is 0.0769. The molecule has 2 aromatic carbocycles. The Kier molecular flexibility index (Phi) is 7.77. The Labute approximate surface area is 110 Å². The molecule has 0 atom stereocenters. The Hall–Kier alpha value is -0.994. The molecule has 0 aliphatic rings. The van der Waals surface area contributed by atoms with Gasteiger partial charge in [-0.25, -0.2) is 0 Å². The first kappa shape index (κ1) is 14.0. The number of hydrogen-bond donors (Lipinski definition) is 1. The maximum Gasteiger partial charge on any atom is 2.00 e. The molecule has 76 valence electrons. The number of rotatable bonds is 0. The third-order valence-corrected chi connectivity index (χ3v) is 1.70. The largest absolute Gasteiger partial charge is 2.00 e. The van der Waals surface area contributed by atoms with Gasteiger partial charge in [-0.1, -0.05) is 54.1 Å². The number of benzene rings is 2. The number of phenolic OH excluding ortho intramolecular Hbond substituents is 1. The van der Waals surface area contributed by atoms with E-state index in [-0.39, 0.29) is 25.9 Å². The average Bonchev–Trinajstić information content (AvgIpc) is 2.21. The maximum absolute atomic E-state index is 8.63. The molecule has 2 aromatic rings. The Morgan fingerprint density at radius 1 is 0.800 bits per heavy atom. The van der Waals surface area contributed by atoms with E-state index >= 15 is 0 Å². The maximum atomic E-state index is 8.63. The van der Waals surface area contributed by atoms with E-state index in [4.69, 9.17) is 5.11 Å². The van der Waals surface area contributed by atoms with Crippen molar-refractivity contribution in [1.29, 1.82) is 0 Å². The van der Waals surface area contributed by atoms with Crippen molar-refractivity contribution >= 4 is 23.1 Å². The molecule has 0 aliphatic heterocycles. The minimum absolute atomic E-state index is 0. The van der Waals surface area contributed by atoms with Crippen LogP contribution in [0.1, 0.15) is 8.42 Å². The summed E-state index contributed by atoms with van der Waals surface area (Å²) >= 11 is 0. The van der Waals surface area contributed by atoms with Gasteiger partial charge in [0.05, 0.1) is 0 Å². The van der Waals surface area contributed by atoms with Crippen molar-refractivity contribution in [3.8, 4) is 5.75 Å². The number of aryl methyl sites for hydroxylation is 1. The van der Waals surface area contributed by atoms with E-state index in [1.807, 2.05) is 24.3 Å². The van der Waals surface area contributed by atoms with Crippen molar-refractivity contribution in [2.45, 2.75) is 6.92 Å². The predicted octanol–water partition coefficient (Wildman–Crippen LogP) is 3.23. The summed E-state index contributed by atoms with van der Waals surface area (Å²) in [4.78, 5) is 0. The Morgan fingerprint density at radius 2 is 1.20 bits per heavy atom. The van der Waals surface area contributed by atoms with Crippen molar-refractivity contribution in [1.82, 2.24) is 0 Å². The van der Waals surface area contributed by atoms with Gasteiger partial charge in [0.1, 0.15) is 5.75 Å². The summed E-state index contributed by atoms with van der Waals surface area (Å²) in [5, 5.41) is 8.63. The van der Waals surface area contributed by atoms with E-state index in [9.17, 15) is 0 Å². The van der Waals surface area contributed by atoms with E-state index < -0.39 is 0 Å². The van der Waals surface area contributed by atoms with Crippen LogP contribution in [0.2, 0.25) is 0 Å². The second-order valence-electron chi connectivity index (χ2n) is 2.99. The molecule has 0 fully saturated rings. The fourth-order valence-electron chi connectivity index (χ4n) is 0.962. The molecule has 2 heteroatoms. The summed E-state index contributed by atoms with van der Waals surface area (Å²) in [5.41, 5.74) is 1.32. The first-order valence-corrected chi connectivity index (χ1v) is 4.54. The molecule has 0 unspecified atom stereocenters. The van der Waals surface area contributed by atoms with Crippen LogP contribution in [-0.4, -0.2) is 28.2 Å². The summed E-state index contributed by atoms with van der Waals surface area (Å²) in [5.74, 6) is 0.322. The second kappa shape index (κ2) is 8.33. The van der Waals surface area contributed by atoms with Gasteiger partial charge in [-0.05, 0) is 19.1 Å². The quantitative estimate of drug-likeness (QED) is 0.665. The van der Waals surface area contributed by atoms with Crippen LogP contribution < -0.4 is 0 Å². The molecular formula is C13H16MgO. The number of para-hydroxylation sites is 1. The van der Waals surface area contributed by atoms with Crippen LogP contribution in [-0.2, 0) is 0 Å². The topological polar surface area (TPSA) is 20.2 Å². The van der Waals surface area contributed by atoms with Crippen LogP contribution in [0, 0.1) is 6.92 Å². The van der Waals surface area contributed by atoms with Crippen LogP contribution in [0.3, 0.4) is 0 Å². The summed E-state index contributed by atoms with van der Waals surface area (Å²) < 4.78 is 0. The van der Waals surface area contributed by atoms with E-state index in [0.717, 1.165) is 0 Å². The summed E-state index contributed by atoms with van der Waals surface area (Å²) in [6, 6.07) is 19.0. The molecule has 2 rings (SSSR count). The van der Waals surface area contributed by atoms with E-state index in [1.165, 1.54) is 5.56 Å². The monoisotopic (exact) mass is 212 g/mol. The predicted molar refractivity (Wildman–Crippen MR) is 67.3 cm³/mol. The van der Waals surface area contributed by atoms with Crippen molar-refractivity contribution in [3.63, 3.8) is 0 Å². The van der Waals surface area contributed by atoms with Crippen LogP contribution in [0.5, 0.6) is 5.75 Å². The third kappa shape index (κ3) is 7.00. The van der Waals surface area contributed by atoms with Crippen molar-refractivity contribution in [2.24, 2.45) is 0 Å². The van der Waals surface area contributed by atoms with Crippen molar-refractivity contribution < 1.29 is 7.96 Å². The van der Waals surface area contributed by atoms with Gasteiger partial charge in [0.2, 0.25) is 0 Å². The van der Waals surface area contributed by atoms with Crippen LogP contribution in [0.25, 0.3) is 0 Å². The molecule has 0 spiro atoms. The molecule has 0 bridgehead atoms. The van der Waals surface area contributed by atoms with Gasteiger partial charge >= 0.3 is 23.1 Å². The van der Waals surface area contributed by atoms with Gasteiger partial charge in [-0.3, -0.25) is 0 Å². The minimum atomic E-state index is 0. The van der Waals surface area contributed by atoms with Gasteiger partial charge < -0.3 is 7.96 Å². The Bertz CT molecular complexity index is 317. The van der Waals surface area contributed by atoms with Gasteiger partial charge in [0.15, 0.2) is 0 Å². The first-order chi connectivity index (χ1) is 6.79. The molecule has 0 aromatic heterocycles. The Morgan fingerprint density at radius 3 is 1.40 bits per heavy atom. The zero-order chi connectivity index (χ0) is 10.2. The van der Waals surface area contributed by atoms with E-state index in [2.05, 4.69) is 19.1 Å². The van der Waals surface area contributed by atoms with E-state index in [0.29, 0.717) is 5.75 Å². The number of hydrogen-bond acceptors (Lipinski definition) is 1. The number of aromatic hydroxyl groups is 1. The van der Waals surface area contributed by atoms with E-state index in [1.54, 1.807) is 24.3 Å². The molecule has 0 heterocycles. The fourth-order valence-corrected chi connectivity index (χ4v) is 0.962. The van der Waals surface area contributed by atoms with Crippen LogP contribution >= 0.6 is 0 Å². The first-order valence-electron chi connectivity index (χ1n) is 4.54. The van der Waals surface area contributed by atoms with Crippen LogP contribution in [0.15, 0.2) is 60.7 Å². The average molecular weight is 213 g/mol. The normalized spacial score (nSPS) is 8.07. The molecule has 15 heavy (non-hydrogen) atoms. The third-order valence-electron chi connectivity index (χ3n) is 1.70. The molecule has 1 nitrogen and oxygen atoms in total. The zero-order valence-electron chi connectivity index (χ0n) is 10.9. The summed E-state index contributed by atoms with van der Waals surface area (Å²) in [6.45, 7) is 2.08. The second-order valence-corrected chi connectivity index (χ2v) is 2.99. The van der Waals surface area contributed by atoms with Gasteiger partial charge in [-0.2, -0.15) is 0 Å². The summed E-state index contributed by atoms with van der Waals surface area (Å²) in [7, 11) is 0. The molecule has 0 saturated carbocycles. The number of phenols is 1. The molecule has 0 amide bonds. The van der Waals surface area contributed by atoms with Gasteiger partial charge in [-0.15, -0.1) is 0 Å². The molecular weight excluding hydrogens is 196 g/mol. The van der Waals surface area contributed by atoms with Gasteiger partial charge in [0, 0.05) is 0 Å².